The normalized spacial score (nSPS) is 12.5. The lowest BCUT2D eigenvalue weighted by atomic mass is 10.1. The minimum Gasteiger partial charge on any atom is -0.449 e. The Hall–Kier alpha value is 0.0500. The van der Waals surface area contributed by atoms with Gasteiger partial charge in [0.05, 0.1) is 6.42 Å². The first-order valence-electron chi connectivity index (χ1n) is 4.56. The molecule has 1 atom stereocenters. The Kier molecular flexibility index (Phi) is 8.67. The van der Waals surface area contributed by atoms with Crippen LogP contribution in [0.3, 0.4) is 0 Å². The minimum atomic E-state index is -0.313. The maximum Gasteiger partial charge on any atom is 0.308 e. The SMILES string of the molecule is CCCCCC(Cl)CC(=O)OCCl. The number of hydrogen-bond acceptors (Lipinski definition) is 2. The molecule has 0 aliphatic heterocycles. The van der Waals surface area contributed by atoms with Crippen LogP contribution in [0.1, 0.15) is 39.0 Å². The van der Waals surface area contributed by atoms with Crippen molar-refractivity contribution in [1.29, 1.82) is 0 Å². The van der Waals surface area contributed by atoms with Crippen LogP contribution in [0.2, 0.25) is 0 Å². The second-order valence-electron chi connectivity index (χ2n) is 2.92. The summed E-state index contributed by atoms with van der Waals surface area (Å²) in [7, 11) is 0. The number of esters is 1. The monoisotopic (exact) mass is 226 g/mol. The third kappa shape index (κ3) is 8.38. The van der Waals surface area contributed by atoms with E-state index in [0.717, 1.165) is 25.7 Å². The highest BCUT2D eigenvalue weighted by molar-refractivity contribution is 6.21. The van der Waals surface area contributed by atoms with Crippen molar-refractivity contribution in [1.82, 2.24) is 0 Å². The molecule has 4 heteroatoms. The molecule has 0 N–H and O–H groups in total. The van der Waals surface area contributed by atoms with Gasteiger partial charge in [-0.15, -0.1) is 11.6 Å². The molecule has 0 fully saturated rings. The average Bonchev–Trinajstić information content (AvgIpc) is 2.05. The highest BCUT2D eigenvalue weighted by atomic mass is 35.5. The van der Waals surface area contributed by atoms with Gasteiger partial charge < -0.3 is 4.74 Å². The summed E-state index contributed by atoms with van der Waals surface area (Å²) in [5, 5.41) is -0.109. The van der Waals surface area contributed by atoms with Gasteiger partial charge in [-0.25, -0.2) is 0 Å². The van der Waals surface area contributed by atoms with Gasteiger partial charge in [-0.05, 0) is 6.42 Å². The van der Waals surface area contributed by atoms with Crippen LogP contribution in [0.4, 0.5) is 0 Å². The van der Waals surface area contributed by atoms with Crippen molar-refractivity contribution in [3.63, 3.8) is 0 Å². The summed E-state index contributed by atoms with van der Waals surface area (Å²) in [4.78, 5) is 10.9. The first-order valence-corrected chi connectivity index (χ1v) is 5.53. The molecule has 0 aromatic rings. The Morgan fingerprint density at radius 3 is 2.69 bits per heavy atom. The van der Waals surface area contributed by atoms with Gasteiger partial charge in [0.1, 0.15) is 0 Å². The van der Waals surface area contributed by atoms with Gasteiger partial charge in [0.2, 0.25) is 0 Å². The fraction of sp³-hybridized carbons (Fsp3) is 0.889. The standard InChI is InChI=1S/C9H16Cl2O2/c1-2-3-4-5-8(11)6-9(12)13-7-10/h8H,2-7H2,1H3. The van der Waals surface area contributed by atoms with Gasteiger partial charge in [0, 0.05) is 5.38 Å². The quantitative estimate of drug-likeness (QED) is 0.379. The van der Waals surface area contributed by atoms with Crippen LogP contribution in [-0.4, -0.2) is 17.4 Å². The molecule has 0 aromatic carbocycles. The van der Waals surface area contributed by atoms with Crippen molar-refractivity contribution in [2.75, 3.05) is 6.07 Å². The molecule has 0 heterocycles. The van der Waals surface area contributed by atoms with Crippen LogP contribution in [0.25, 0.3) is 0 Å². The molecule has 1 unspecified atom stereocenters. The molecule has 0 saturated carbocycles. The molecular weight excluding hydrogens is 211 g/mol. The van der Waals surface area contributed by atoms with Crippen molar-refractivity contribution < 1.29 is 9.53 Å². The molecule has 13 heavy (non-hydrogen) atoms. The zero-order valence-electron chi connectivity index (χ0n) is 7.89. The molecule has 0 radical (unpaired) electrons. The van der Waals surface area contributed by atoms with E-state index in [9.17, 15) is 4.79 Å². The zero-order valence-corrected chi connectivity index (χ0v) is 9.40. The molecule has 78 valence electrons. The summed E-state index contributed by atoms with van der Waals surface area (Å²) in [6, 6.07) is -0.0859. The highest BCUT2D eigenvalue weighted by Crippen LogP contribution is 2.13. The summed E-state index contributed by atoms with van der Waals surface area (Å²) >= 11 is 11.1. The summed E-state index contributed by atoms with van der Waals surface area (Å²) in [5.41, 5.74) is 0. The van der Waals surface area contributed by atoms with E-state index >= 15 is 0 Å². The number of ether oxygens (including phenoxy) is 1. The van der Waals surface area contributed by atoms with Crippen molar-refractivity contribution in [2.24, 2.45) is 0 Å². The second-order valence-corrected chi connectivity index (χ2v) is 3.76. The molecule has 0 rings (SSSR count). The average molecular weight is 227 g/mol. The van der Waals surface area contributed by atoms with Crippen LogP contribution in [0, 0.1) is 0 Å². The highest BCUT2D eigenvalue weighted by Gasteiger charge is 2.11. The lowest BCUT2D eigenvalue weighted by molar-refractivity contribution is -0.141. The van der Waals surface area contributed by atoms with Crippen molar-refractivity contribution in [3.05, 3.63) is 0 Å². The van der Waals surface area contributed by atoms with Crippen LogP contribution in [0.5, 0.6) is 0 Å². The topological polar surface area (TPSA) is 26.3 Å². The van der Waals surface area contributed by atoms with E-state index in [4.69, 9.17) is 23.2 Å². The van der Waals surface area contributed by atoms with Gasteiger partial charge in [-0.2, -0.15) is 0 Å². The maximum atomic E-state index is 10.9. The van der Waals surface area contributed by atoms with E-state index in [1.165, 1.54) is 0 Å². The van der Waals surface area contributed by atoms with Gasteiger partial charge in [-0.1, -0.05) is 37.8 Å². The van der Waals surface area contributed by atoms with Gasteiger partial charge in [0.15, 0.2) is 6.07 Å². The third-order valence-corrected chi connectivity index (χ3v) is 2.21. The summed E-state index contributed by atoms with van der Waals surface area (Å²) in [6.45, 7) is 2.13. The third-order valence-electron chi connectivity index (χ3n) is 1.72. The number of rotatable bonds is 7. The Bertz CT molecular complexity index is 140. The number of alkyl halides is 2. The van der Waals surface area contributed by atoms with Crippen LogP contribution in [0.15, 0.2) is 0 Å². The number of halogens is 2. The van der Waals surface area contributed by atoms with Gasteiger partial charge in [0.25, 0.3) is 0 Å². The fourth-order valence-corrected chi connectivity index (χ4v) is 1.42. The Morgan fingerprint density at radius 2 is 2.15 bits per heavy atom. The largest absolute Gasteiger partial charge is 0.449 e. The molecule has 0 saturated heterocycles. The van der Waals surface area contributed by atoms with E-state index < -0.39 is 0 Å². The molecule has 0 amide bonds. The van der Waals surface area contributed by atoms with Crippen LogP contribution >= 0.6 is 23.2 Å². The molecule has 2 nitrogen and oxygen atoms in total. The predicted molar refractivity (Wildman–Crippen MR) is 55.2 cm³/mol. The summed E-state index contributed by atoms with van der Waals surface area (Å²) < 4.78 is 4.56. The number of hydrogen-bond donors (Lipinski definition) is 0. The second kappa shape index (κ2) is 8.64. The predicted octanol–water partition coefficient (Wildman–Crippen LogP) is 3.30. The van der Waals surface area contributed by atoms with E-state index in [1.807, 2.05) is 0 Å². The lowest BCUT2D eigenvalue weighted by Gasteiger charge is -2.07. The van der Waals surface area contributed by atoms with Crippen molar-refractivity contribution in [2.45, 2.75) is 44.4 Å². The van der Waals surface area contributed by atoms with Crippen LogP contribution in [-0.2, 0) is 9.53 Å². The zero-order chi connectivity index (χ0) is 10.1. The number of carbonyl (C=O) groups is 1. The van der Waals surface area contributed by atoms with E-state index in [2.05, 4.69) is 11.7 Å². The first-order chi connectivity index (χ1) is 6.20. The minimum absolute atomic E-state index is 0.0859. The Balaban J connectivity index is 3.38. The fourth-order valence-electron chi connectivity index (χ4n) is 1.02. The molecule has 0 spiro atoms. The molecular formula is C9H16Cl2O2. The van der Waals surface area contributed by atoms with Crippen LogP contribution < -0.4 is 0 Å². The van der Waals surface area contributed by atoms with E-state index in [0.29, 0.717) is 0 Å². The Labute approximate surface area is 89.5 Å². The first kappa shape index (κ1) is 13.1. The maximum absolute atomic E-state index is 10.9. The molecule has 0 aliphatic rings. The smallest absolute Gasteiger partial charge is 0.308 e. The van der Waals surface area contributed by atoms with Gasteiger partial charge >= 0.3 is 5.97 Å². The number of carbonyl (C=O) groups excluding carboxylic acids is 1. The van der Waals surface area contributed by atoms with Gasteiger partial charge in [-0.3, -0.25) is 4.79 Å². The molecule has 0 bridgehead atoms. The summed E-state index contributed by atoms with van der Waals surface area (Å²) in [6.07, 6.45) is 4.52. The van der Waals surface area contributed by atoms with Crippen molar-refractivity contribution >= 4 is 29.2 Å². The summed E-state index contributed by atoms with van der Waals surface area (Å²) in [5.74, 6) is -0.313. The van der Waals surface area contributed by atoms with E-state index in [-0.39, 0.29) is 23.8 Å². The van der Waals surface area contributed by atoms with Crippen molar-refractivity contribution in [3.8, 4) is 0 Å². The molecule has 0 aromatic heterocycles. The molecule has 0 aliphatic carbocycles. The number of unbranched alkanes of at least 4 members (excludes halogenated alkanes) is 2. The Morgan fingerprint density at radius 1 is 1.46 bits per heavy atom. The van der Waals surface area contributed by atoms with E-state index in [1.54, 1.807) is 0 Å². The lowest BCUT2D eigenvalue weighted by Crippen LogP contribution is -2.10.